The molecule has 2 amide bonds. The first-order valence-corrected chi connectivity index (χ1v) is 12.2. The molecular weight excluding hydrogens is 450 g/mol. The summed E-state index contributed by atoms with van der Waals surface area (Å²) in [6.07, 6.45) is 3.72. The van der Waals surface area contributed by atoms with E-state index >= 15 is 0 Å². The standard InChI is InChI=1S/C30H29N3O3/c1-36-24-14-11-22(12-15-24)13-16-28(34)32-17-19-33(20-18-32)29(35)21-26-25-9-5-6-10-27(25)31-30(26)23-7-3-2-4-8-23/h2-16,31H,17-21H2,1H3/b16-13+. The molecule has 6 nitrogen and oxygen atoms in total. The summed E-state index contributed by atoms with van der Waals surface area (Å²) in [5.41, 5.74) is 5.03. The van der Waals surface area contributed by atoms with Crippen molar-refractivity contribution in [2.24, 2.45) is 0 Å². The first-order chi connectivity index (χ1) is 17.6. The zero-order valence-electron chi connectivity index (χ0n) is 20.3. The van der Waals surface area contributed by atoms with Gasteiger partial charge in [-0.25, -0.2) is 0 Å². The van der Waals surface area contributed by atoms with Gasteiger partial charge in [0.2, 0.25) is 11.8 Å². The van der Waals surface area contributed by atoms with Crippen molar-refractivity contribution in [1.82, 2.24) is 14.8 Å². The Bertz CT molecular complexity index is 1380. The monoisotopic (exact) mass is 479 g/mol. The van der Waals surface area contributed by atoms with Crippen LogP contribution in [0.2, 0.25) is 0 Å². The fourth-order valence-corrected chi connectivity index (χ4v) is 4.66. The third-order valence-electron chi connectivity index (χ3n) is 6.68. The molecule has 0 spiro atoms. The lowest BCUT2D eigenvalue weighted by atomic mass is 10.0. The van der Waals surface area contributed by atoms with Crippen LogP contribution < -0.4 is 4.74 Å². The number of carbonyl (C=O) groups is 2. The number of rotatable bonds is 6. The van der Waals surface area contributed by atoms with Gasteiger partial charge in [-0.3, -0.25) is 9.59 Å². The van der Waals surface area contributed by atoms with Crippen molar-refractivity contribution in [3.8, 4) is 17.0 Å². The van der Waals surface area contributed by atoms with E-state index in [0.717, 1.165) is 39.0 Å². The number of H-pyrrole nitrogens is 1. The SMILES string of the molecule is COc1ccc(/C=C/C(=O)N2CCN(C(=O)Cc3c(-c4ccccc4)[nH]c4ccccc34)CC2)cc1. The Balaban J connectivity index is 1.23. The maximum absolute atomic E-state index is 13.3. The number of fused-ring (bicyclic) bond motifs is 1. The number of piperazine rings is 1. The highest BCUT2D eigenvalue weighted by atomic mass is 16.5. The lowest BCUT2D eigenvalue weighted by Crippen LogP contribution is -2.50. The van der Waals surface area contributed by atoms with Crippen LogP contribution in [0.1, 0.15) is 11.1 Å². The van der Waals surface area contributed by atoms with E-state index < -0.39 is 0 Å². The van der Waals surface area contributed by atoms with Gasteiger partial charge in [0.15, 0.2) is 0 Å². The van der Waals surface area contributed by atoms with Crippen LogP contribution in [0, 0.1) is 0 Å². The Labute approximate surface area is 210 Å². The van der Waals surface area contributed by atoms with Crippen molar-refractivity contribution < 1.29 is 14.3 Å². The van der Waals surface area contributed by atoms with Gasteiger partial charge in [0, 0.05) is 43.2 Å². The molecule has 0 bridgehead atoms. The van der Waals surface area contributed by atoms with Gasteiger partial charge in [0.1, 0.15) is 5.75 Å². The maximum Gasteiger partial charge on any atom is 0.246 e. The van der Waals surface area contributed by atoms with E-state index in [2.05, 4.69) is 23.2 Å². The van der Waals surface area contributed by atoms with Gasteiger partial charge in [0.05, 0.1) is 19.2 Å². The molecule has 3 aromatic carbocycles. The topological polar surface area (TPSA) is 65.6 Å². The predicted molar refractivity (Wildman–Crippen MR) is 143 cm³/mol. The minimum atomic E-state index is -0.0408. The lowest BCUT2D eigenvalue weighted by Gasteiger charge is -2.34. The van der Waals surface area contributed by atoms with E-state index in [1.165, 1.54) is 0 Å². The highest BCUT2D eigenvalue weighted by molar-refractivity contribution is 5.95. The lowest BCUT2D eigenvalue weighted by molar-refractivity contribution is -0.136. The molecule has 6 heteroatoms. The number of para-hydroxylation sites is 1. The Morgan fingerprint density at radius 3 is 2.25 bits per heavy atom. The summed E-state index contributed by atoms with van der Waals surface area (Å²) in [5.74, 6) is 0.821. The second kappa shape index (κ2) is 10.5. The van der Waals surface area contributed by atoms with Crippen molar-refractivity contribution in [3.63, 3.8) is 0 Å². The smallest absolute Gasteiger partial charge is 0.246 e. The summed E-state index contributed by atoms with van der Waals surface area (Å²) < 4.78 is 5.17. The van der Waals surface area contributed by atoms with Crippen molar-refractivity contribution in [1.29, 1.82) is 0 Å². The summed E-state index contributed by atoms with van der Waals surface area (Å²) >= 11 is 0. The molecule has 4 aromatic rings. The average molecular weight is 480 g/mol. The Morgan fingerprint density at radius 1 is 0.861 bits per heavy atom. The number of nitrogens with zero attached hydrogens (tertiary/aromatic N) is 2. The molecule has 1 fully saturated rings. The molecule has 182 valence electrons. The van der Waals surface area contributed by atoms with E-state index in [9.17, 15) is 9.59 Å². The van der Waals surface area contributed by atoms with E-state index in [1.54, 1.807) is 24.2 Å². The highest BCUT2D eigenvalue weighted by Crippen LogP contribution is 2.31. The van der Waals surface area contributed by atoms with Gasteiger partial charge in [-0.15, -0.1) is 0 Å². The molecule has 1 N–H and O–H groups in total. The van der Waals surface area contributed by atoms with Crippen molar-refractivity contribution >= 4 is 28.8 Å². The first kappa shape index (κ1) is 23.4. The molecule has 0 radical (unpaired) electrons. The van der Waals surface area contributed by atoms with Gasteiger partial charge >= 0.3 is 0 Å². The van der Waals surface area contributed by atoms with Crippen LogP contribution in [0.4, 0.5) is 0 Å². The molecule has 1 aliphatic rings. The summed E-state index contributed by atoms with van der Waals surface area (Å²) in [6, 6.07) is 25.8. The number of amides is 2. The van der Waals surface area contributed by atoms with Gasteiger partial charge in [-0.2, -0.15) is 0 Å². The number of benzene rings is 3. The van der Waals surface area contributed by atoms with Crippen LogP contribution in [0.5, 0.6) is 5.75 Å². The van der Waals surface area contributed by atoms with E-state index in [0.29, 0.717) is 32.6 Å². The number of carbonyl (C=O) groups excluding carboxylic acids is 2. The minimum Gasteiger partial charge on any atom is -0.497 e. The van der Waals surface area contributed by atoms with Crippen LogP contribution in [0.15, 0.2) is 84.9 Å². The fourth-order valence-electron chi connectivity index (χ4n) is 4.66. The van der Waals surface area contributed by atoms with E-state index in [-0.39, 0.29) is 11.8 Å². The third kappa shape index (κ3) is 5.03. The highest BCUT2D eigenvalue weighted by Gasteiger charge is 2.25. The average Bonchev–Trinajstić information content (AvgIpc) is 3.30. The summed E-state index contributed by atoms with van der Waals surface area (Å²) in [7, 11) is 1.63. The quantitative estimate of drug-likeness (QED) is 0.405. The van der Waals surface area contributed by atoms with Gasteiger partial charge in [-0.05, 0) is 41.0 Å². The van der Waals surface area contributed by atoms with Crippen molar-refractivity contribution in [2.75, 3.05) is 33.3 Å². The Kier molecular flexibility index (Phi) is 6.85. The summed E-state index contributed by atoms with van der Waals surface area (Å²) in [6.45, 7) is 2.11. The number of hydrogen-bond donors (Lipinski definition) is 1. The van der Waals surface area contributed by atoms with Gasteiger partial charge in [-0.1, -0.05) is 60.7 Å². The van der Waals surface area contributed by atoms with Crippen LogP contribution in [-0.4, -0.2) is 59.9 Å². The number of nitrogens with one attached hydrogen (secondary N) is 1. The molecule has 1 aliphatic heterocycles. The third-order valence-corrected chi connectivity index (χ3v) is 6.68. The zero-order valence-corrected chi connectivity index (χ0v) is 20.3. The number of hydrogen-bond acceptors (Lipinski definition) is 3. The van der Waals surface area contributed by atoms with Crippen molar-refractivity contribution in [2.45, 2.75) is 6.42 Å². The molecule has 0 saturated carbocycles. The molecule has 0 unspecified atom stereocenters. The normalized spacial score (nSPS) is 13.9. The predicted octanol–water partition coefficient (Wildman–Crippen LogP) is 4.77. The second-order valence-corrected chi connectivity index (χ2v) is 8.88. The molecule has 36 heavy (non-hydrogen) atoms. The molecule has 0 aliphatic carbocycles. The second-order valence-electron chi connectivity index (χ2n) is 8.88. The van der Waals surface area contributed by atoms with Crippen LogP contribution >= 0.6 is 0 Å². The minimum absolute atomic E-state index is 0.0408. The molecule has 5 rings (SSSR count). The number of aromatic amines is 1. The van der Waals surface area contributed by atoms with Crippen LogP contribution in [-0.2, 0) is 16.0 Å². The zero-order chi connectivity index (χ0) is 24.9. The number of ether oxygens (including phenoxy) is 1. The van der Waals surface area contributed by atoms with Crippen molar-refractivity contribution in [3.05, 3.63) is 96.1 Å². The Hall–Kier alpha value is -4.32. The number of methoxy groups -OCH3 is 1. The summed E-state index contributed by atoms with van der Waals surface area (Å²) in [5, 5.41) is 1.07. The molecule has 0 atom stereocenters. The van der Waals surface area contributed by atoms with Gasteiger partial charge < -0.3 is 19.5 Å². The van der Waals surface area contributed by atoms with Gasteiger partial charge in [0.25, 0.3) is 0 Å². The largest absolute Gasteiger partial charge is 0.497 e. The van der Waals surface area contributed by atoms with E-state index in [1.807, 2.05) is 65.6 Å². The van der Waals surface area contributed by atoms with E-state index in [4.69, 9.17) is 4.74 Å². The molecule has 2 heterocycles. The maximum atomic E-state index is 13.3. The van der Waals surface area contributed by atoms with Crippen LogP contribution in [0.3, 0.4) is 0 Å². The molecular formula is C30H29N3O3. The Morgan fingerprint density at radius 2 is 1.53 bits per heavy atom. The first-order valence-electron chi connectivity index (χ1n) is 12.2. The fraction of sp³-hybridized carbons (Fsp3) is 0.200. The van der Waals surface area contributed by atoms with Crippen LogP contribution in [0.25, 0.3) is 28.2 Å². The molecule has 1 saturated heterocycles. The summed E-state index contributed by atoms with van der Waals surface area (Å²) in [4.78, 5) is 33.2. The number of aromatic nitrogens is 1. The molecule has 1 aromatic heterocycles.